The molecule has 0 unspecified atom stereocenters. The van der Waals surface area contributed by atoms with Crippen molar-refractivity contribution in [3.63, 3.8) is 0 Å². The first-order valence-electron chi connectivity index (χ1n) is 5.80. The minimum absolute atomic E-state index is 0.0466. The standard InChI is InChI=1S/C12H14F3N3O/c13-12(14,15)6-18(7-1-2-7)8-3-4-10(16)9(5-8)11(17)19/h3-5,7H,1-2,6,16H2,(H2,17,19). The third-order valence-electron chi connectivity index (χ3n) is 2.97. The molecule has 19 heavy (non-hydrogen) atoms. The molecule has 0 radical (unpaired) electrons. The van der Waals surface area contributed by atoms with Crippen LogP contribution in [0.4, 0.5) is 24.5 Å². The molecule has 0 saturated heterocycles. The predicted molar refractivity (Wildman–Crippen MR) is 65.8 cm³/mol. The number of anilines is 2. The van der Waals surface area contributed by atoms with E-state index in [1.165, 1.54) is 23.1 Å². The van der Waals surface area contributed by atoms with Gasteiger partial charge in [-0.15, -0.1) is 0 Å². The number of rotatable bonds is 4. The monoisotopic (exact) mass is 273 g/mol. The molecular weight excluding hydrogens is 259 g/mol. The number of hydrogen-bond donors (Lipinski definition) is 2. The van der Waals surface area contributed by atoms with Crippen molar-refractivity contribution in [2.24, 2.45) is 5.73 Å². The minimum atomic E-state index is -4.29. The molecule has 1 aliphatic rings. The number of amides is 1. The number of nitrogen functional groups attached to an aromatic ring is 1. The number of benzene rings is 1. The molecule has 2 rings (SSSR count). The molecule has 104 valence electrons. The largest absolute Gasteiger partial charge is 0.405 e. The van der Waals surface area contributed by atoms with Crippen LogP contribution in [-0.2, 0) is 0 Å². The van der Waals surface area contributed by atoms with Gasteiger partial charge in [0.2, 0.25) is 0 Å². The summed E-state index contributed by atoms with van der Waals surface area (Å²) < 4.78 is 37.7. The fourth-order valence-corrected chi connectivity index (χ4v) is 1.95. The fraction of sp³-hybridized carbons (Fsp3) is 0.417. The lowest BCUT2D eigenvalue weighted by Crippen LogP contribution is -2.36. The van der Waals surface area contributed by atoms with Gasteiger partial charge >= 0.3 is 6.18 Å². The summed E-state index contributed by atoms with van der Waals surface area (Å²) in [5.74, 6) is -0.748. The molecule has 4 N–H and O–H groups in total. The molecule has 7 heteroatoms. The Bertz CT molecular complexity index is 497. The van der Waals surface area contributed by atoms with Crippen LogP contribution in [0.3, 0.4) is 0 Å². The van der Waals surface area contributed by atoms with Gasteiger partial charge in [-0.2, -0.15) is 13.2 Å². The molecule has 0 spiro atoms. The van der Waals surface area contributed by atoms with E-state index in [0.29, 0.717) is 18.5 Å². The van der Waals surface area contributed by atoms with Gasteiger partial charge in [0.05, 0.1) is 5.56 Å². The van der Waals surface area contributed by atoms with Gasteiger partial charge in [-0.3, -0.25) is 4.79 Å². The molecule has 0 atom stereocenters. The molecule has 1 fully saturated rings. The molecule has 4 nitrogen and oxygen atoms in total. The zero-order chi connectivity index (χ0) is 14.2. The highest BCUT2D eigenvalue weighted by molar-refractivity contribution is 5.99. The van der Waals surface area contributed by atoms with Gasteiger partial charge in [-0.05, 0) is 31.0 Å². The Balaban J connectivity index is 2.32. The summed E-state index contributed by atoms with van der Waals surface area (Å²) in [7, 11) is 0. The van der Waals surface area contributed by atoms with Gasteiger partial charge < -0.3 is 16.4 Å². The summed E-state index contributed by atoms with van der Waals surface area (Å²) >= 11 is 0. The van der Waals surface area contributed by atoms with Crippen molar-refractivity contribution in [2.45, 2.75) is 25.1 Å². The molecule has 0 bridgehead atoms. The number of hydrogen-bond acceptors (Lipinski definition) is 3. The first kappa shape index (κ1) is 13.5. The molecule has 0 aromatic heterocycles. The van der Waals surface area contributed by atoms with Gasteiger partial charge in [-0.25, -0.2) is 0 Å². The van der Waals surface area contributed by atoms with E-state index in [1.54, 1.807) is 0 Å². The summed E-state index contributed by atoms with van der Waals surface area (Å²) in [4.78, 5) is 12.4. The summed E-state index contributed by atoms with van der Waals surface area (Å²) in [5.41, 5.74) is 11.2. The molecule has 1 aliphatic carbocycles. The van der Waals surface area contributed by atoms with E-state index in [-0.39, 0.29) is 17.3 Å². The zero-order valence-corrected chi connectivity index (χ0v) is 10.1. The molecule has 0 aliphatic heterocycles. The Morgan fingerprint density at radius 1 is 1.37 bits per heavy atom. The second-order valence-electron chi connectivity index (χ2n) is 4.61. The van der Waals surface area contributed by atoms with E-state index in [1.807, 2.05) is 0 Å². The van der Waals surface area contributed by atoms with Gasteiger partial charge in [0.25, 0.3) is 5.91 Å². The third kappa shape index (κ3) is 3.30. The lowest BCUT2D eigenvalue weighted by Gasteiger charge is -2.26. The summed E-state index contributed by atoms with van der Waals surface area (Å²) in [6, 6.07) is 4.07. The highest BCUT2D eigenvalue weighted by atomic mass is 19.4. The van der Waals surface area contributed by atoms with Crippen molar-refractivity contribution in [3.05, 3.63) is 23.8 Å². The zero-order valence-electron chi connectivity index (χ0n) is 10.1. The Kier molecular flexibility index (Phi) is 3.30. The van der Waals surface area contributed by atoms with Crippen molar-refractivity contribution in [3.8, 4) is 0 Å². The number of carbonyl (C=O) groups is 1. The minimum Gasteiger partial charge on any atom is -0.398 e. The molecule has 1 amide bonds. The van der Waals surface area contributed by atoms with Crippen LogP contribution in [0.5, 0.6) is 0 Å². The predicted octanol–water partition coefficient (Wildman–Crippen LogP) is 1.90. The Hall–Kier alpha value is -1.92. The summed E-state index contributed by atoms with van der Waals surface area (Å²) in [5, 5.41) is 0. The van der Waals surface area contributed by atoms with Crippen LogP contribution in [0, 0.1) is 0 Å². The Morgan fingerprint density at radius 2 is 2.00 bits per heavy atom. The Labute approximate surface area is 108 Å². The van der Waals surface area contributed by atoms with Gasteiger partial charge in [0.15, 0.2) is 0 Å². The van der Waals surface area contributed by atoms with Crippen LogP contribution in [0.2, 0.25) is 0 Å². The van der Waals surface area contributed by atoms with E-state index < -0.39 is 18.6 Å². The van der Waals surface area contributed by atoms with E-state index in [0.717, 1.165) is 0 Å². The van der Waals surface area contributed by atoms with E-state index in [9.17, 15) is 18.0 Å². The van der Waals surface area contributed by atoms with Crippen molar-refractivity contribution in [1.82, 2.24) is 0 Å². The molecular formula is C12H14F3N3O. The lowest BCUT2D eigenvalue weighted by atomic mass is 10.1. The SMILES string of the molecule is NC(=O)c1cc(N(CC(F)(F)F)C2CC2)ccc1N. The summed E-state index contributed by atoms with van der Waals surface area (Å²) in [6.07, 6.45) is -2.87. The fourth-order valence-electron chi connectivity index (χ4n) is 1.95. The Morgan fingerprint density at radius 3 is 2.47 bits per heavy atom. The van der Waals surface area contributed by atoms with Crippen LogP contribution in [0.25, 0.3) is 0 Å². The van der Waals surface area contributed by atoms with Crippen LogP contribution in [-0.4, -0.2) is 24.7 Å². The van der Waals surface area contributed by atoms with E-state index in [4.69, 9.17) is 11.5 Å². The van der Waals surface area contributed by atoms with Crippen LogP contribution >= 0.6 is 0 Å². The lowest BCUT2D eigenvalue weighted by molar-refractivity contribution is -0.120. The number of carbonyl (C=O) groups excluding carboxylic acids is 1. The molecule has 1 saturated carbocycles. The van der Waals surface area contributed by atoms with Gasteiger partial charge in [0, 0.05) is 17.4 Å². The van der Waals surface area contributed by atoms with Crippen LogP contribution in [0.1, 0.15) is 23.2 Å². The maximum Gasteiger partial charge on any atom is 0.405 e. The van der Waals surface area contributed by atoms with Crippen molar-refractivity contribution < 1.29 is 18.0 Å². The third-order valence-corrected chi connectivity index (χ3v) is 2.97. The topological polar surface area (TPSA) is 72.4 Å². The van der Waals surface area contributed by atoms with Gasteiger partial charge in [0.1, 0.15) is 6.54 Å². The number of primary amides is 1. The van der Waals surface area contributed by atoms with E-state index >= 15 is 0 Å². The van der Waals surface area contributed by atoms with Gasteiger partial charge in [-0.1, -0.05) is 0 Å². The second-order valence-corrected chi connectivity index (χ2v) is 4.61. The highest BCUT2D eigenvalue weighted by Crippen LogP contribution is 2.35. The maximum atomic E-state index is 12.6. The van der Waals surface area contributed by atoms with Crippen molar-refractivity contribution in [1.29, 1.82) is 0 Å². The maximum absolute atomic E-state index is 12.6. The first-order valence-corrected chi connectivity index (χ1v) is 5.80. The quantitative estimate of drug-likeness (QED) is 0.823. The smallest absolute Gasteiger partial charge is 0.398 e. The number of nitrogens with two attached hydrogens (primary N) is 2. The normalized spacial score (nSPS) is 15.3. The average Bonchev–Trinajstić information content (AvgIpc) is 3.09. The first-order chi connectivity index (χ1) is 8.78. The molecule has 0 heterocycles. The van der Waals surface area contributed by atoms with E-state index in [2.05, 4.69) is 0 Å². The average molecular weight is 273 g/mol. The van der Waals surface area contributed by atoms with Crippen molar-refractivity contribution in [2.75, 3.05) is 17.2 Å². The highest BCUT2D eigenvalue weighted by Gasteiger charge is 2.38. The second kappa shape index (κ2) is 4.64. The number of alkyl halides is 3. The number of halogens is 3. The van der Waals surface area contributed by atoms with Crippen LogP contribution < -0.4 is 16.4 Å². The molecule has 1 aromatic carbocycles. The summed E-state index contributed by atoms with van der Waals surface area (Å²) in [6.45, 7) is -1.04. The van der Waals surface area contributed by atoms with Crippen LogP contribution in [0.15, 0.2) is 18.2 Å². The number of nitrogens with zero attached hydrogens (tertiary/aromatic N) is 1. The van der Waals surface area contributed by atoms with Crippen molar-refractivity contribution >= 4 is 17.3 Å². The molecule has 1 aromatic rings.